The summed E-state index contributed by atoms with van der Waals surface area (Å²) >= 11 is 0. The molecule has 0 radical (unpaired) electrons. The fraction of sp³-hybridized carbons (Fsp3) is 0.625. The Morgan fingerprint density at radius 2 is 1.82 bits per heavy atom. The molecule has 1 unspecified atom stereocenters. The van der Waals surface area contributed by atoms with Crippen LogP contribution in [0.5, 0.6) is 0 Å². The van der Waals surface area contributed by atoms with Crippen LogP contribution < -0.4 is 5.32 Å². The molecule has 1 aromatic rings. The molecule has 1 atom stereocenters. The van der Waals surface area contributed by atoms with Crippen molar-refractivity contribution in [1.82, 2.24) is 5.32 Å². The highest BCUT2D eigenvalue weighted by Crippen LogP contribution is 2.15. The molecule has 0 fully saturated rings. The summed E-state index contributed by atoms with van der Waals surface area (Å²) in [5.74, 6) is 0.748. The van der Waals surface area contributed by atoms with Gasteiger partial charge in [0.1, 0.15) is 0 Å². The van der Waals surface area contributed by atoms with Crippen LogP contribution in [0.25, 0.3) is 0 Å². The fourth-order valence-electron chi connectivity index (χ4n) is 2.01. The summed E-state index contributed by atoms with van der Waals surface area (Å²) in [5, 5.41) is 3.51. The molecule has 0 aliphatic heterocycles. The van der Waals surface area contributed by atoms with E-state index in [0.717, 1.165) is 12.5 Å². The lowest BCUT2D eigenvalue weighted by molar-refractivity contribution is 0.453. The fourth-order valence-corrected chi connectivity index (χ4v) is 2.01. The third kappa shape index (κ3) is 5.36. The van der Waals surface area contributed by atoms with E-state index in [4.69, 9.17) is 0 Å². The first-order valence-corrected chi connectivity index (χ1v) is 6.78. The van der Waals surface area contributed by atoms with Crippen molar-refractivity contribution in [3.63, 3.8) is 0 Å². The molecule has 0 aromatic heterocycles. The number of hydrogen-bond acceptors (Lipinski definition) is 1. The van der Waals surface area contributed by atoms with E-state index in [0.29, 0.717) is 6.04 Å². The van der Waals surface area contributed by atoms with Crippen LogP contribution in [-0.4, -0.2) is 12.6 Å². The lowest BCUT2D eigenvalue weighted by atomic mass is 9.96. The number of benzene rings is 1. The third-order valence-electron chi connectivity index (χ3n) is 3.29. The molecule has 0 spiro atoms. The summed E-state index contributed by atoms with van der Waals surface area (Å²) < 4.78 is 0. The molecule has 17 heavy (non-hydrogen) atoms. The average molecular weight is 233 g/mol. The highest BCUT2D eigenvalue weighted by molar-refractivity contribution is 5.30. The van der Waals surface area contributed by atoms with Crippen molar-refractivity contribution in [3.05, 3.63) is 34.9 Å². The van der Waals surface area contributed by atoms with Crippen LogP contribution in [0.4, 0.5) is 0 Å². The van der Waals surface area contributed by atoms with Crippen LogP contribution in [-0.2, 0) is 6.42 Å². The van der Waals surface area contributed by atoms with E-state index in [1.807, 2.05) is 0 Å². The van der Waals surface area contributed by atoms with E-state index in [1.54, 1.807) is 0 Å². The van der Waals surface area contributed by atoms with Crippen molar-refractivity contribution in [2.45, 2.75) is 53.5 Å². The van der Waals surface area contributed by atoms with Crippen molar-refractivity contribution in [3.8, 4) is 0 Å². The summed E-state index contributed by atoms with van der Waals surface area (Å²) in [6.07, 6.45) is 2.47. The van der Waals surface area contributed by atoms with Gasteiger partial charge in [-0.25, -0.2) is 0 Å². The van der Waals surface area contributed by atoms with Crippen LogP contribution in [0.2, 0.25) is 0 Å². The second-order valence-electron chi connectivity index (χ2n) is 5.64. The molecule has 0 amide bonds. The molecule has 0 saturated carbocycles. The highest BCUT2D eigenvalue weighted by Gasteiger charge is 2.05. The standard InChI is InChI=1S/C16H27N/c1-12(2)17-11-14(4)7-9-16-10-13(3)6-8-15(16)5/h6,8,10,12,14,17H,7,9,11H2,1-5H3. The predicted molar refractivity (Wildman–Crippen MR) is 76.5 cm³/mol. The molecule has 1 rings (SSSR count). The number of hydrogen-bond donors (Lipinski definition) is 1. The number of aryl methyl sites for hydroxylation is 3. The molecule has 0 aliphatic carbocycles. The molecular formula is C16H27N. The van der Waals surface area contributed by atoms with E-state index in [2.05, 4.69) is 58.1 Å². The topological polar surface area (TPSA) is 12.0 Å². The van der Waals surface area contributed by atoms with Gasteiger partial charge in [-0.3, -0.25) is 0 Å². The zero-order chi connectivity index (χ0) is 12.8. The molecule has 96 valence electrons. The molecular weight excluding hydrogens is 206 g/mol. The maximum absolute atomic E-state index is 3.51. The SMILES string of the molecule is Cc1ccc(C)c(CCC(C)CNC(C)C)c1. The minimum absolute atomic E-state index is 0.596. The summed E-state index contributed by atoms with van der Waals surface area (Å²) in [7, 11) is 0. The Hall–Kier alpha value is -0.820. The molecule has 0 saturated heterocycles. The maximum atomic E-state index is 3.51. The van der Waals surface area contributed by atoms with E-state index >= 15 is 0 Å². The van der Waals surface area contributed by atoms with Gasteiger partial charge in [-0.15, -0.1) is 0 Å². The molecule has 1 N–H and O–H groups in total. The lowest BCUT2D eigenvalue weighted by Gasteiger charge is -2.15. The Morgan fingerprint density at radius 1 is 1.12 bits per heavy atom. The van der Waals surface area contributed by atoms with Gasteiger partial charge in [0, 0.05) is 6.04 Å². The zero-order valence-electron chi connectivity index (χ0n) is 12.0. The number of nitrogens with one attached hydrogen (secondary N) is 1. The smallest absolute Gasteiger partial charge is 0.00104 e. The normalized spacial score (nSPS) is 13.1. The Morgan fingerprint density at radius 3 is 2.47 bits per heavy atom. The van der Waals surface area contributed by atoms with Crippen molar-refractivity contribution >= 4 is 0 Å². The van der Waals surface area contributed by atoms with Gasteiger partial charge in [-0.1, -0.05) is 44.5 Å². The second kappa shape index (κ2) is 6.80. The first-order chi connectivity index (χ1) is 7.99. The van der Waals surface area contributed by atoms with Gasteiger partial charge in [-0.05, 0) is 50.3 Å². The summed E-state index contributed by atoms with van der Waals surface area (Å²) in [5.41, 5.74) is 4.32. The van der Waals surface area contributed by atoms with E-state index in [-0.39, 0.29) is 0 Å². The monoisotopic (exact) mass is 233 g/mol. The molecule has 0 aliphatic rings. The third-order valence-corrected chi connectivity index (χ3v) is 3.29. The minimum atomic E-state index is 0.596. The van der Waals surface area contributed by atoms with Gasteiger partial charge >= 0.3 is 0 Å². The minimum Gasteiger partial charge on any atom is -0.314 e. The van der Waals surface area contributed by atoms with Gasteiger partial charge in [-0.2, -0.15) is 0 Å². The van der Waals surface area contributed by atoms with E-state index in [9.17, 15) is 0 Å². The quantitative estimate of drug-likeness (QED) is 0.786. The highest BCUT2D eigenvalue weighted by atomic mass is 14.9. The van der Waals surface area contributed by atoms with Gasteiger partial charge in [0.25, 0.3) is 0 Å². The van der Waals surface area contributed by atoms with Crippen LogP contribution in [0, 0.1) is 19.8 Å². The van der Waals surface area contributed by atoms with Gasteiger partial charge in [0.2, 0.25) is 0 Å². The van der Waals surface area contributed by atoms with Crippen molar-refractivity contribution in [2.24, 2.45) is 5.92 Å². The maximum Gasteiger partial charge on any atom is 0.00104 e. The first kappa shape index (κ1) is 14.2. The summed E-state index contributed by atoms with van der Waals surface area (Å²) in [6.45, 7) is 12.3. The van der Waals surface area contributed by atoms with E-state index < -0.39 is 0 Å². The molecule has 1 heteroatoms. The van der Waals surface area contributed by atoms with Gasteiger partial charge < -0.3 is 5.32 Å². The molecule has 0 bridgehead atoms. The molecule has 1 aromatic carbocycles. The Balaban J connectivity index is 2.41. The van der Waals surface area contributed by atoms with Crippen LogP contribution in [0.3, 0.4) is 0 Å². The largest absolute Gasteiger partial charge is 0.314 e. The molecule has 1 nitrogen and oxygen atoms in total. The van der Waals surface area contributed by atoms with E-state index in [1.165, 1.54) is 29.5 Å². The predicted octanol–water partition coefficient (Wildman–Crippen LogP) is 3.87. The van der Waals surface area contributed by atoms with Crippen LogP contribution >= 0.6 is 0 Å². The van der Waals surface area contributed by atoms with Crippen LogP contribution in [0.1, 0.15) is 43.9 Å². The van der Waals surface area contributed by atoms with Crippen molar-refractivity contribution < 1.29 is 0 Å². The summed E-state index contributed by atoms with van der Waals surface area (Å²) in [4.78, 5) is 0. The lowest BCUT2D eigenvalue weighted by Crippen LogP contribution is -2.28. The zero-order valence-corrected chi connectivity index (χ0v) is 12.0. The Labute approximate surface area is 107 Å². The Bertz CT molecular complexity index is 341. The van der Waals surface area contributed by atoms with Crippen molar-refractivity contribution in [2.75, 3.05) is 6.54 Å². The summed E-state index contributed by atoms with van der Waals surface area (Å²) in [6, 6.07) is 7.36. The first-order valence-electron chi connectivity index (χ1n) is 6.78. The van der Waals surface area contributed by atoms with Crippen LogP contribution in [0.15, 0.2) is 18.2 Å². The van der Waals surface area contributed by atoms with Crippen molar-refractivity contribution in [1.29, 1.82) is 0 Å². The average Bonchev–Trinajstić information content (AvgIpc) is 2.27. The second-order valence-corrected chi connectivity index (χ2v) is 5.64. The van der Waals surface area contributed by atoms with Gasteiger partial charge in [0.05, 0.1) is 0 Å². The number of rotatable bonds is 6. The Kier molecular flexibility index (Phi) is 5.70. The van der Waals surface area contributed by atoms with Gasteiger partial charge in [0.15, 0.2) is 0 Å². The molecule has 0 heterocycles.